The summed E-state index contributed by atoms with van der Waals surface area (Å²) in [5.41, 5.74) is 1.79. The molecule has 4 atom stereocenters. The number of imide groups is 1. The molecule has 4 aromatic rings. The van der Waals surface area contributed by atoms with Crippen molar-refractivity contribution in [3.63, 3.8) is 0 Å². The number of fused-ring (bicyclic) bond motifs is 1. The molecule has 2 saturated heterocycles. The molecule has 9 nitrogen and oxygen atoms in total. The van der Waals surface area contributed by atoms with Crippen molar-refractivity contribution in [2.75, 3.05) is 20.2 Å². The number of carbonyl (C=O) groups excluding carboxylic acids is 3. The Labute approximate surface area is 275 Å². The number of likely N-dealkylation sites (N-methyl/N-ethyl adjacent to an activating group) is 1. The summed E-state index contributed by atoms with van der Waals surface area (Å²) in [5.74, 6) is -3.69. The molecule has 2 aliphatic rings. The Balaban J connectivity index is 1.36. The van der Waals surface area contributed by atoms with Crippen LogP contribution in [0.1, 0.15) is 18.1 Å². The number of methoxy groups -OCH3 is 1. The van der Waals surface area contributed by atoms with E-state index in [-0.39, 0.29) is 31.0 Å². The first-order valence-electron chi connectivity index (χ1n) is 15.6. The van der Waals surface area contributed by atoms with Crippen LogP contribution >= 0.6 is 0 Å². The van der Waals surface area contributed by atoms with Crippen molar-refractivity contribution in [1.29, 1.82) is 0 Å². The van der Waals surface area contributed by atoms with Gasteiger partial charge < -0.3 is 4.74 Å². The highest BCUT2D eigenvalue weighted by molar-refractivity contribution is 7.89. The third-order valence-corrected chi connectivity index (χ3v) is 11.2. The standard InChI is InChI=1S/C37H37N3O6S/c1-3-39(47(44,45)30-21-19-29(20-22-30)28-17-11-6-12-18-28)25-31-32-33(35(42)40(34(32)41)24-27-15-9-5-10-16-27)37(38-31,36(43)46-2)23-26-13-7-4-8-14-26/h4-22,31-33,38H,3,23-25H2,1-2H3/t31-,32+,33-,37-/m1/s1. The molecule has 0 aliphatic carbocycles. The summed E-state index contributed by atoms with van der Waals surface area (Å²) in [4.78, 5) is 43.5. The Morgan fingerprint density at radius 2 is 1.36 bits per heavy atom. The predicted molar refractivity (Wildman–Crippen MR) is 177 cm³/mol. The summed E-state index contributed by atoms with van der Waals surface area (Å²) in [6.45, 7) is 1.75. The molecule has 2 heterocycles. The van der Waals surface area contributed by atoms with Gasteiger partial charge in [0.1, 0.15) is 5.54 Å². The molecule has 242 valence electrons. The smallest absolute Gasteiger partial charge is 0.327 e. The summed E-state index contributed by atoms with van der Waals surface area (Å²) < 4.78 is 34.7. The van der Waals surface area contributed by atoms with Gasteiger partial charge in [0.05, 0.1) is 30.4 Å². The highest BCUT2D eigenvalue weighted by Crippen LogP contribution is 2.46. The number of sulfonamides is 1. The van der Waals surface area contributed by atoms with E-state index in [4.69, 9.17) is 4.74 Å². The van der Waals surface area contributed by atoms with Crippen LogP contribution in [0.2, 0.25) is 0 Å². The maximum atomic E-state index is 14.2. The van der Waals surface area contributed by atoms with Crippen LogP contribution in [0.5, 0.6) is 0 Å². The second-order valence-electron chi connectivity index (χ2n) is 12.0. The van der Waals surface area contributed by atoms with E-state index in [9.17, 15) is 22.8 Å². The monoisotopic (exact) mass is 651 g/mol. The number of hydrogen-bond acceptors (Lipinski definition) is 7. The highest BCUT2D eigenvalue weighted by Gasteiger charge is 2.68. The number of rotatable bonds is 11. The number of nitrogens with zero attached hydrogens (tertiary/aromatic N) is 2. The molecule has 0 aromatic heterocycles. The zero-order chi connectivity index (χ0) is 33.2. The van der Waals surface area contributed by atoms with Crippen molar-refractivity contribution in [3.8, 4) is 11.1 Å². The van der Waals surface area contributed by atoms with Gasteiger partial charge in [-0.15, -0.1) is 0 Å². The number of hydrogen-bond donors (Lipinski definition) is 1. The lowest BCUT2D eigenvalue weighted by Gasteiger charge is -2.33. The molecule has 6 rings (SSSR count). The molecule has 0 unspecified atom stereocenters. The van der Waals surface area contributed by atoms with E-state index in [1.54, 1.807) is 31.2 Å². The van der Waals surface area contributed by atoms with Crippen LogP contribution in [0, 0.1) is 11.8 Å². The van der Waals surface area contributed by atoms with E-state index in [1.807, 2.05) is 91.0 Å². The van der Waals surface area contributed by atoms with E-state index >= 15 is 0 Å². The van der Waals surface area contributed by atoms with Crippen LogP contribution in [0.15, 0.2) is 120 Å². The van der Waals surface area contributed by atoms with Crippen molar-refractivity contribution in [2.24, 2.45) is 11.8 Å². The first-order chi connectivity index (χ1) is 22.7. The number of nitrogens with one attached hydrogen (secondary N) is 1. The number of esters is 1. The van der Waals surface area contributed by atoms with Crippen molar-refractivity contribution in [3.05, 3.63) is 126 Å². The van der Waals surface area contributed by atoms with Crippen molar-refractivity contribution in [2.45, 2.75) is 36.4 Å². The van der Waals surface area contributed by atoms with Crippen molar-refractivity contribution < 1.29 is 27.5 Å². The van der Waals surface area contributed by atoms with Gasteiger partial charge in [-0.3, -0.25) is 24.6 Å². The fourth-order valence-corrected chi connectivity index (χ4v) is 8.48. The second kappa shape index (κ2) is 13.2. The van der Waals surface area contributed by atoms with Gasteiger partial charge >= 0.3 is 5.97 Å². The first-order valence-corrected chi connectivity index (χ1v) is 17.1. The molecule has 0 radical (unpaired) electrons. The van der Waals surface area contributed by atoms with Gasteiger partial charge in [-0.1, -0.05) is 110 Å². The number of likely N-dealkylation sites (tertiary alicyclic amines) is 1. The van der Waals surface area contributed by atoms with E-state index in [1.165, 1.54) is 16.3 Å². The van der Waals surface area contributed by atoms with E-state index < -0.39 is 51.2 Å². The quantitative estimate of drug-likeness (QED) is 0.190. The Hall–Kier alpha value is -4.64. The topological polar surface area (TPSA) is 113 Å². The number of benzene rings is 4. The molecule has 0 bridgehead atoms. The lowest BCUT2D eigenvalue weighted by Crippen LogP contribution is -2.59. The summed E-state index contributed by atoms with van der Waals surface area (Å²) in [6.07, 6.45) is 0.0796. The van der Waals surface area contributed by atoms with Gasteiger partial charge in [0, 0.05) is 25.6 Å². The molecule has 2 aliphatic heterocycles. The molecular formula is C37H37N3O6S. The van der Waals surface area contributed by atoms with E-state index in [0.29, 0.717) is 0 Å². The average Bonchev–Trinajstić information content (AvgIpc) is 3.56. The maximum absolute atomic E-state index is 14.2. The predicted octanol–water partition coefficient (Wildman–Crippen LogP) is 4.29. The Bertz CT molecular complexity index is 1850. The van der Waals surface area contributed by atoms with Gasteiger partial charge in [0.15, 0.2) is 0 Å². The van der Waals surface area contributed by atoms with E-state index in [0.717, 1.165) is 22.3 Å². The number of carbonyl (C=O) groups is 3. The van der Waals surface area contributed by atoms with Crippen molar-refractivity contribution in [1.82, 2.24) is 14.5 Å². The molecule has 1 N–H and O–H groups in total. The SMILES string of the molecule is CCN(C[C@H]1N[C@@](Cc2ccccc2)(C(=O)OC)[C@H]2C(=O)N(Cc3ccccc3)C(=O)[C@@H]12)S(=O)(=O)c1ccc(-c2ccccc2)cc1. The second-order valence-corrected chi connectivity index (χ2v) is 13.9. The zero-order valence-corrected chi connectivity index (χ0v) is 27.1. The highest BCUT2D eigenvalue weighted by atomic mass is 32.2. The van der Waals surface area contributed by atoms with Gasteiger partial charge in [-0.25, -0.2) is 8.42 Å². The van der Waals surface area contributed by atoms with E-state index in [2.05, 4.69) is 5.32 Å². The molecule has 2 amide bonds. The molecule has 47 heavy (non-hydrogen) atoms. The van der Waals surface area contributed by atoms with Crippen LogP contribution in [0.3, 0.4) is 0 Å². The van der Waals surface area contributed by atoms with Crippen LogP contribution in [0.25, 0.3) is 11.1 Å². The lowest BCUT2D eigenvalue weighted by molar-refractivity contribution is -0.154. The Kier molecular flexibility index (Phi) is 9.09. The van der Waals surface area contributed by atoms with Gasteiger partial charge in [0.25, 0.3) is 0 Å². The minimum Gasteiger partial charge on any atom is -0.468 e. The molecule has 2 fully saturated rings. The minimum absolute atomic E-state index is 0.0460. The molecule has 0 saturated carbocycles. The van der Waals surface area contributed by atoms with Crippen LogP contribution < -0.4 is 5.32 Å². The van der Waals surface area contributed by atoms with Gasteiger partial charge in [-0.05, 0) is 34.4 Å². The number of amides is 2. The van der Waals surface area contributed by atoms with Crippen molar-refractivity contribution >= 4 is 27.8 Å². The normalized spacial score (nSPS) is 22.4. The first kappa shape index (κ1) is 32.3. The largest absolute Gasteiger partial charge is 0.468 e. The molecular weight excluding hydrogens is 614 g/mol. The maximum Gasteiger partial charge on any atom is 0.327 e. The fraction of sp³-hybridized carbons (Fsp3) is 0.270. The summed E-state index contributed by atoms with van der Waals surface area (Å²) in [7, 11) is -2.76. The lowest BCUT2D eigenvalue weighted by atomic mass is 9.76. The molecule has 0 spiro atoms. The summed E-state index contributed by atoms with van der Waals surface area (Å²) >= 11 is 0. The molecule has 4 aromatic carbocycles. The van der Waals surface area contributed by atoms with Crippen LogP contribution in [0.4, 0.5) is 0 Å². The van der Waals surface area contributed by atoms with Crippen LogP contribution in [-0.4, -0.2) is 67.2 Å². The summed E-state index contributed by atoms with van der Waals surface area (Å²) in [6, 6.07) is 33.9. The third-order valence-electron chi connectivity index (χ3n) is 9.26. The Morgan fingerprint density at radius 1 is 0.809 bits per heavy atom. The molecule has 10 heteroatoms. The minimum atomic E-state index is -4.01. The van der Waals surface area contributed by atoms with Gasteiger partial charge in [-0.2, -0.15) is 4.31 Å². The van der Waals surface area contributed by atoms with Gasteiger partial charge in [0.2, 0.25) is 21.8 Å². The Morgan fingerprint density at radius 3 is 1.94 bits per heavy atom. The third kappa shape index (κ3) is 6.00. The summed E-state index contributed by atoms with van der Waals surface area (Å²) in [5, 5.41) is 3.32. The van der Waals surface area contributed by atoms with Crippen LogP contribution in [-0.2, 0) is 42.1 Å². The zero-order valence-electron chi connectivity index (χ0n) is 26.3. The fourth-order valence-electron chi connectivity index (χ4n) is 7.00. The number of ether oxygens (including phenoxy) is 1. The average molecular weight is 652 g/mol.